The molecular formula is C24H29N7O3. The maximum atomic E-state index is 12.4. The highest BCUT2D eigenvalue weighted by molar-refractivity contribution is 5.80. The van der Waals surface area contributed by atoms with Crippen molar-refractivity contribution in [1.82, 2.24) is 30.2 Å². The summed E-state index contributed by atoms with van der Waals surface area (Å²) in [4.78, 5) is 24.0. The zero-order valence-corrected chi connectivity index (χ0v) is 19.2. The second-order valence-corrected chi connectivity index (χ2v) is 9.63. The fraction of sp³-hybridized carbons (Fsp3) is 0.500. The number of amides is 1. The average molecular weight is 464 g/mol. The van der Waals surface area contributed by atoms with Gasteiger partial charge in [0.15, 0.2) is 5.65 Å². The van der Waals surface area contributed by atoms with E-state index >= 15 is 0 Å². The molecule has 1 aliphatic carbocycles. The van der Waals surface area contributed by atoms with E-state index in [1.807, 2.05) is 37.5 Å². The molecule has 2 aliphatic heterocycles. The minimum atomic E-state index is -0.429. The third kappa shape index (κ3) is 4.25. The van der Waals surface area contributed by atoms with Gasteiger partial charge in [0, 0.05) is 44.0 Å². The molecule has 1 saturated carbocycles. The minimum Gasteiger partial charge on any atom is -0.474 e. The number of fused-ring (bicyclic) bond motifs is 1. The lowest BCUT2D eigenvalue weighted by atomic mass is 10.1. The summed E-state index contributed by atoms with van der Waals surface area (Å²) in [5, 5.41) is 10.8. The molecule has 0 unspecified atom stereocenters. The Morgan fingerprint density at radius 2 is 2.18 bits per heavy atom. The normalized spacial score (nSPS) is 24.5. The van der Waals surface area contributed by atoms with Crippen LogP contribution in [0.25, 0.3) is 16.8 Å². The maximum absolute atomic E-state index is 12.4. The molecule has 10 heteroatoms. The first-order chi connectivity index (χ1) is 16.6. The number of aromatic nitrogens is 4. The number of ether oxygens (including phenoxy) is 2. The van der Waals surface area contributed by atoms with Crippen LogP contribution in [0.5, 0.6) is 5.88 Å². The lowest BCUT2D eigenvalue weighted by Gasteiger charge is -2.24. The first-order valence-electron chi connectivity index (χ1n) is 12.0. The van der Waals surface area contributed by atoms with Gasteiger partial charge in [-0.1, -0.05) is 0 Å². The van der Waals surface area contributed by atoms with E-state index in [0.717, 1.165) is 61.4 Å². The van der Waals surface area contributed by atoms with Crippen molar-refractivity contribution in [3.05, 3.63) is 36.8 Å². The smallest absolute Gasteiger partial charge is 0.408 e. The zero-order chi connectivity index (χ0) is 23.1. The lowest BCUT2D eigenvalue weighted by Crippen LogP contribution is -2.43. The number of alkyl carbamates (subject to hydrolysis) is 1. The molecule has 3 aliphatic rings. The zero-order valence-electron chi connectivity index (χ0n) is 19.2. The van der Waals surface area contributed by atoms with Crippen LogP contribution in [0.15, 0.2) is 36.8 Å². The first kappa shape index (κ1) is 21.2. The summed E-state index contributed by atoms with van der Waals surface area (Å²) in [7, 11) is 0. The molecule has 3 aromatic heterocycles. The molecule has 5 heterocycles. The first-order valence-corrected chi connectivity index (χ1v) is 12.0. The molecule has 6 rings (SSSR count). The van der Waals surface area contributed by atoms with Crippen LogP contribution in [0.1, 0.15) is 32.6 Å². The highest BCUT2D eigenvalue weighted by atomic mass is 16.6. The van der Waals surface area contributed by atoms with Crippen LogP contribution in [0.4, 0.5) is 10.6 Å². The van der Waals surface area contributed by atoms with Crippen molar-refractivity contribution >= 4 is 17.6 Å². The van der Waals surface area contributed by atoms with Gasteiger partial charge < -0.3 is 25.0 Å². The Morgan fingerprint density at radius 1 is 1.26 bits per heavy atom. The van der Waals surface area contributed by atoms with E-state index in [0.29, 0.717) is 19.0 Å². The van der Waals surface area contributed by atoms with E-state index in [4.69, 9.17) is 14.5 Å². The molecule has 0 aromatic carbocycles. The Balaban J connectivity index is 1.18. The van der Waals surface area contributed by atoms with Gasteiger partial charge in [0.25, 0.3) is 0 Å². The van der Waals surface area contributed by atoms with Crippen molar-refractivity contribution in [3.8, 4) is 17.0 Å². The van der Waals surface area contributed by atoms with Gasteiger partial charge in [-0.2, -0.15) is 5.10 Å². The summed E-state index contributed by atoms with van der Waals surface area (Å²) >= 11 is 0. The molecule has 2 atom stereocenters. The van der Waals surface area contributed by atoms with Crippen molar-refractivity contribution in [1.29, 1.82) is 0 Å². The van der Waals surface area contributed by atoms with Gasteiger partial charge in [0.2, 0.25) is 5.88 Å². The Kier molecular flexibility index (Phi) is 5.24. The molecule has 0 bridgehead atoms. The van der Waals surface area contributed by atoms with Crippen molar-refractivity contribution in [3.63, 3.8) is 0 Å². The monoisotopic (exact) mass is 463 g/mol. The summed E-state index contributed by atoms with van der Waals surface area (Å²) in [6, 6.07) is 5.88. The average Bonchev–Trinajstić information content (AvgIpc) is 3.19. The SMILES string of the molecule is C[C@@]1(OC(=O)N[C@H]2CCN(c3ccn4ncc(-c5cccnc5OC5CC5)c4n3)C2)CCNC1. The van der Waals surface area contributed by atoms with Crippen LogP contribution < -0.4 is 20.3 Å². The van der Waals surface area contributed by atoms with Crippen molar-refractivity contribution < 1.29 is 14.3 Å². The lowest BCUT2D eigenvalue weighted by molar-refractivity contribution is 0.0383. The fourth-order valence-electron chi connectivity index (χ4n) is 4.65. The molecule has 0 radical (unpaired) electrons. The van der Waals surface area contributed by atoms with Crippen LogP contribution in [0, 0.1) is 0 Å². The van der Waals surface area contributed by atoms with E-state index in [1.165, 1.54) is 0 Å². The number of anilines is 1. The quantitative estimate of drug-likeness (QED) is 0.574. The molecule has 0 spiro atoms. The van der Waals surface area contributed by atoms with Gasteiger partial charge in [0.1, 0.15) is 17.5 Å². The Bertz CT molecular complexity index is 1200. The molecule has 1 amide bonds. The predicted molar refractivity (Wildman–Crippen MR) is 126 cm³/mol. The number of nitrogens with one attached hydrogen (secondary N) is 2. The topological polar surface area (TPSA) is 106 Å². The van der Waals surface area contributed by atoms with Crippen molar-refractivity contribution in [2.45, 2.75) is 50.4 Å². The van der Waals surface area contributed by atoms with E-state index < -0.39 is 5.60 Å². The van der Waals surface area contributed by atoms with Gasteiger partial charge in [0.05, 0.1) is 17.8 Å². The highest BCUT2D eigenvalue weighted by Crippen LogP contribution is 2.35. The minimum absolute atomic E-state index is 0.0183. The summed E-state index contributed by atoms with van der Waals surface area (Å²) in [6.45, 7) is 5.02. The fourth-order valence-corrected chi connectivity index (χ4v) is 4.65. The largest absolute Gasteiger partial charge is 0.474 e. The van der Waals surface area contributed by atoms with Crippen LogP contribution >= 0.6 is 0 Å². The third-order valence-corrected chi connectivity index (χ3v) is 6.72. The second kappa shape index (κ2) is 8.43. The molecular weight excluding hydrogens is 434 g/mol. The molecule has 10 nitrogen and oxygen atoms in total. The van der Waals surface area contributed by atoms with E-state index in [2.05, 4.69) is 25.6 Å². The summed E-state index contributed by atoms with van der Waals surface area (Å²) < 4.78 is 13.5. The van der Waals surface area contributed by atoms with Crippen LogP contribution in [0.3, 0.4) is 0 Å². The van der Waals surface area contributed by atoms with E-state index in [9.17, 15) is 4.79 Å². The number of pyridine rings is 1. The number of carbonyl (C=O) groups is 1. The Morgan fingerprint density at radius 3 is 3.00 bits per heavy atom. The number of nitrogens with zero attached hydrogens (tertiary/aromatic N) is 5. The molecule has 2 saturated heterocycles. The standard InChI is InChI=1S/C24H29N7O3/c1-24(8-10-25-15-24)34-23(32)28-16-6-11-30(14-16)20-7-12-31-21(29-20)19(13-27-31)18-3-2-9-26-22(18)33-17-4-5-17/h2-3,7,9,12-13,16-17,25H,4-6,8,10-11,14-15H2,1H3,(H,28,32)/t16-,24+/m0/s1. The molecule has 178 valence electrons. The van der Waals surface area contributed by atoms with Gasteiger partial charge in [-0.05, 0) is 50.9 Å². The van der Waals surface area contributed by atoms with Crippen LogP contribution in [-0.4, -0.2) is 69.6 Å². The number of rotatable bonds is 6. The van der Waals surface area contributed by atoms with Crippen molar-refractivity contribution in [2.24, 2.45) is 0 Å². The predicted octanol–water partition coefficient (Wildman–Crippen LogP) is 2.39. The molecule has 2 N–H and O–H groups in total. The Labute approximate surface area is 197 Å². The second-order valence-electron chi connectivity index (χ2n) is 9.63. The highest BCUT2D eigenvalue weighted by Gasteiger charge is 2.34. The molecule has 34 heavy (non-hydrogen) atoms. The Hall–Kier alpha value is -3.40. The number of carbonyl (C=O) groups excluding carboxylic acids is 1. The summed E-state index contributed by atoms with van der Waals surface area (Å²) in [5.74, 6) is 1.48. The van der Waals surface area contributed by atoms with Crippen LogP contribution in [-0.2, 0) is 4.74 Å². The van der Waals surface area contributed by atoms with Crippen LogP contribution in [0.2, 0.25) is 0 Å². The van der Waals surface area contributed by atoms with Crippen molar-refractivity contribution in [2.75, 3.05) is 31.1 Å². The molecule has 3 aromatic rings. The third-order valence-electron chi connectivity index (χ3n) is 6.72. The molecule has 3 fully saturated rings. The van der Waals surface area contributed by atoms with Gasteiger partial charge >= 0.3 is 6.09 Å². The summed E-state index contributed by atoms with van der Waals surface area (Å²) in [6.07, 6.45) is 9.20. The summed E-state index contributed by atoms with van der Waals surface area (Å²) in [5.41, 5.74) is 2.11. The van der Waals surface area contributed by atoms with E-state index in [1.54, 1.807) is 10.7 Å². The number of hydrogen-bond donors (Lipinski definition) is 2. The van der Waals surface area contributed by atoms with Gasteiger partial charge in [-0.25, -0.2) is 19.3 Å². The van der Waals surface area contributed by atoms with Gasteiger partial charge in [-0.15, -0.1) is 0 Å². The van der Waals surface area contributed by atoms with Gasteiger partial charge in [-0.3, -0.25) is 0 Å². The maximum Gasteiger partial charge on any atom is 0.408 e. The van der Waals surface area contributed by atoms with E-state index in [-0.39, 0.29) is 18.2 Å². The number of hydrogen-bond acceptors (Lipinski definition) is 8.